The zero-order chi connectivity index (χ0) is 24.8. The number of hydrogen-bond acceptors (Lipinski definition) is 7. The number of halogens is 1. The van der Waals surface area contributed by atoms with Gasteiger partial charge in [-0.3, -0.25) is 9.67 Å². The molecule has 2 N–H and O–H groups in total. The maximum atomic E-state index is 9.53. The Morgan fingerprint density at radius 2 is 2.06 bits per heavy atom. The van der Waals surface area contributed by atoms with Crippen LogP contribution < -0.4 is 10.6 Å². The van der Waals surface area contributed by atoms with Gasteiger partial charge in [0.15, 0.2) is 5.65 Å². The van der Waals surface area contributed by atoms with Gasteiger partial charge in [0.1, 0.15) is 11.9 Å². The average molecular weight is 498 g/mol. The number of pyridine rings is 1. The lowest BCUT2D eigenvalue weighted by Gasteiger charge is -2.12. The number of hydrogen-bond donors (Lipinski definition) is 2. The van der Waals surface area contributed by atoms with E-state index in [1.807, 2.05) is 59.9 Å². The Morgan fingerprint density at radius 1 is 1.19 bits per heavy atom. The largest absolute Gasteiger partial charge is 0.372 e. The van der Waals surface area contributed by atoms with Crippen molar-refractivity contribution < 1.29 is 0 Å². The predicted octanol–water partition coefficient (Wildman–Crippen LogP) is 4.82. The van der Waals surface area contributed by atoms with E-state index in [9.17, 15) is 5.26 Å². The number of nitrogens with zero attached hydrogens (tertiary/aromatic N) is 7. The molecule has 1 fully saturated rings. The maximum Gasteiger partial charge on any atom is 0.226 e. The Morgan fingerprint density at radius 3 is 2.81 bits per heavy atom. The summed E-state index contributed by atoms with van der Waals surface area (Å²) in [4.78, 5) is 14.0. The van der Waals surface area contributed by atoms with E-state index in [1.165, 1.54) is 12.8 Å². The van der Waals surface area contributed by atoms with Crippen LogP contribution in [0.25, 0.3) is 33.3 Å². The van der Waals surface area contributed by atoms with Gasteiger partial charge in [0.2, 0.25) is 5.95 Å². The molecule has 0 amide bonds. The van der Waals surface area contributed by atoms with E-state index in [0.29, 0.717) is 40.5 Å². The third kappa shape index (κ3) is 3.99. The normalized spacial score (nSPS) is 13.3. The smallest absolute Gasteiger partial charge is 0.226 e. The molecule has 0 atom stereocenters. The summed E-state index contributed by atoms with van der Waals surface area (Å²) in [7, 11) is 3.77. The topological polar surface area (TPSA) is 109 Å². The highest BCUT2D eigenvalue weighted by molar-refractivity contribution is 6.31. The van der Waals surface area contributed by atoms with E-state index in [0.717, 1.165) is 39.8 Å². The summed E-state index contributed by atoms with van der Waals surface area (Å²) in [5, 5.41) is 23.5. The van der Waals surface area contributed by atoms with Crippen LogP contribution in [-0.2, 0) is 13.6 Å². The quantitative estimate of drug-likeness (QED) is 0.332. The molecule has 0 unspecified atom stereocenters. The highest BCUT2D eigenvalue weighted by Crippen LogP contribution is 2.35. The number of rotatable bonds is 7. The number of nitrogens with one attached hydrogen (secondary N) is 2. The number of aromatic nitrogens is 6. The SMILES string of the molecule is CNc1nc(NCC2CC2)nc2nn(Cc3ccnc4ccc(Cl)cc34)c(-c3cc(C#N)cn3C)c12. The lowest BCUT2D eigenvalue weighted by molar-refractivity contribution is 0.698. The second kappa shape index (κ2) is 8.81. The molecule has 0 bridgehead atoms. The molecular formula is C26H24ClN9. The van der Waals surface area contributed by atoms with Crippen molar-refractivity contribution in [2.45, 2.75) is 19.4 Å². The summed E-state index contributed by atoms with van der Waals surface area (Å²) in [5.74, 6) is 1.93. The molecule has 4 heterocycles. The van der Waals surface area contributed by atoms with E-state index in [4.69, 9.17) is 26.7 Å². The minimum Gasteiger partial charge on any atom is -0.372 e. The standard InChI is InChI=1S/C26H24ClN9/c1-29-24-22-23(21-9-16(11-28)13-35(21)2)36(34-25(22)33-26(32-24)31-12-15-3-4-15)14-17-7-8-30-20-6-5-18(27)10-19(17)20/h5-10,13,15H,3-4,12,14H2,1-2H3,(H2,29,31,32,33,34). The Balaban J connectivity index is 1.55. The highest BCUT2D eigenvalue weighted by Gasteiger charge is 2.24. The summed E-state index contributed by atoms with van der Waals surface area (Å²) in [5.41, 5.74) is 4.73. The molecule has 1 aliphatic rings. The Hall–Kier alpha value is -4.16. The average Bonchev–Trinajstić information content (AvgIpc) is 3.54. The van der Waals surface area contributed by atoms with Crippen LogP contribution >= 0.6 is 11.6 Å². The first-order chi connectivity index (χ1) is 17.5. The first-order valence-corrected chi connectivity index (χ1v) is 12.2. The molecule has 5 aromatic rings. The zero-order valence-corrected chi connectivity index (χ0v) is 20.7. The van der Waals surface area contributed by atoms with E-state index >= 15 is 0 Å². The molecule has 1 aromatic carbocycles. The first kappa shape index (κ1) is 22.3. The van der Waals surface area contributed by atoms with Gasteiger partial charge in [-0.1, -0.05) is 11.6 Å². The molecule has 0 radical (unpaired) electrons. The van der Waals surface area contributed by atoms with Crippen molar-refractivity contribution in [3.05, 3.63) is 58.9 Å². The molecule has 9 nitrogen and oxygen atoms in total. The van der Waals surface area contributed by atoms with Gasteiger partial charge < -0.3 is 15.2 Å². The summed E-state index contributed by atoms with van der Waals surface area (Å²) in [6.45, 7) is 1.32. The number of nitriles is 1. The Labute approximate surface area is 212 Å². The minimum absolute atomic E-state index is 0.464. The van der Waals surface area contributed by atoms with Crippen LogP contribution in [0.3, 0.4) is 0 Å². The van der Waals surface area contributed by atoms with Gasteiger partial charge in [-0.25, -0.2) is 0 Å². The fourth-order valence-corrected chi connectivity index (χ4v) is 4.73. The van der Waals surface area contributed by atoms with Gasteiger partial charge in [0.25, 0.3) is 0 Å². The van der Waals surface area contributed by atoms with E-state index in [2.05, 4.69) is 21.7 Å². The van der Waals surface area contributed by atoms with Crippen molar-refractivity contribution in [3.63, 3.8) is 0 Å². The summed E-state index contributed by atoms with van der Waals surface area (Å²) >= 11 is 6.32. The van der Waals surface area contributed by atoms with Crippen LogP contribution in [0.15, 0.2) is 42.7 Å². The maximum absolute atomic E-state index is 9.53. The molecule has 10 heteroatoms. The van der Waals surface area contributed by atoms with Crippen LogP contribution in [0.2, 0.25) is 5.02 Å². The molecule has 0 aliphatic heterocycles. The number of aryl methyl sites for hydroxylation is 1. The van der Waals surface area contributed by atoms with Crippen LogP contribution in [0.1, 0.15) is 24.0 Å². The van der Waals surface area contributed by atoms with Gasteiger partial charge >= 0.3 is 0 Å². The predicted molar refractivity (Wildman–Crippen MR) is 141 cm³/mol. The summed E-state index contributed by atoms with van der Waals surface area (Å²) < 4.78 is 3.86. The van der Waals surface area contributed by atoms with Gasteiger partial charge in [-0.2, -0.15) is 20.3 Å². The fraction of sp³-hybridized carbons (Fsp3) is 0.269. The van der Waals surface area contributed by atoms with E-state index in [-0.39, 0.29) is 0 Å². The lowest BCUT2D eigenvalue weighted by Crippen LogP contribution is -2.08. The Bertz CT molecular complexity index is 1660. The third-order valence-electron chi connectivity index (χ3n) is 6.57. The van der Waals surface area contributed by atoms with E-state index in [1.54, 1.807) is 6.20 Å². The third-order valence-corrected chi connectivity index (χ3v) is 6.81. The fourth-order valence-electron chi connectivity index (χ4n) is 4.56. The zero-order valence-electron chi connectivity index (χ0n) is 20.0. The lowest BCUT2D eigenvalue weighted by atomic mass is 10.1. The van der Waals surface area contributed by atoms with Gasteiger partial charge in [-0.05, 0) is 54.7 Å². The van der Waals surface area contributed by atoms with Gasteiger partial charge in [0, 0.05) is 43.4 Å². The van der Waals surface area contributed by atoms with Crippen LogP contribution in [0.4, 0.5) is 11.8 Å². The van der Waals surface area contributed by atoms with Crippen molar-refractivity contribution in [2.24, 2.45) is 13.0 Å². The highest BCUT2D eigenvalue weighted by atomic mass is 35.5. The molecule has 1 aliphatic carbocycles. The number of benzene rings is 1. The van der Waals surface area contributed by atoms with Crippen LogP contribution in [-0.4, -0.2) is 42.9 Å². The number of anilines is 2. The molecule has 180 valence electrons. The van der Waals surface area contributed by atoms with Gasteiger partial charge in [0.05, 0.1) is 34.4 Å². The summed E-state index contributed by atoms with van der Waals surface area (Å²) in [6, 6.07) is 11.8. The van der Waals surface area contributed by atoms with Gasteiger partial charge in [-0.15, -0.1) is 0 Å². The molecule has 4 aromatic heterocycles. The van der Waals surface area contributed by atoms with Crippen LogP contribution in [0.5, 0.6) is 0 Å². The van der Waals surface area contributed by atoms with E-state index < -0.39 is 0 Å². The molecular weight excluding hydrogens is 474 g/mol. The van der Waals surface area contributed by atoms with Crippen molar-refractivity contribution in [2.75, 3.05) is 24.2 Å². The molecule has 0 spiro atoms. The van der Waals surface area contributed by atoms with Crippen molar-refractivity contribution in [1.29, 1.82) is 5.26 Å². The minimum atomic E-state index is 0.464. The monoisotopic (exact) mass is 497 g/mol. The second-order valence-electron chi connectivity index (χ2n) is 9.14. The molecule has 36 heavy (non-hydrogen) atoms. The van der Waals surface area contributed by atoms with Crippen molar-refractivity contribution in [3.8, 4) is 17.5 Å². The first-order valence-electron chi connectivity index (χ1n) is 11.8. The second-order valence-corrected chi connectivity index (χ2v) is 9.58. The molecule has 1 saturated carbocycles. The molecule has 6 rings (SSSR count). The van der Waals surface area contributed by atoms with Crippen LogP contribution in [0, 0.1) is 17.2 Å². The van der Waals surface area contributed by atoms with Crippen molar-refractivity contribution in [1.82, 2.24) is 29.3 Å². The molecule has 0 saturated heterocycles. The summed E-state index contributed by atoms with van der Waals surface area (Å²) in [6.07, 6.45) is 6.09. The Kier molecular flexibility index (Phi) is 5.46. The van der Waals surface area contributed by atoms with Crippen molar-refractivity contribution >= 4 is 45.3 Å². The number of fused-ring (bicyclic) bond motifs is 2.